The summed E-state index contributed by atoms with van der Waals surface area (Å²) in [6, 6.07) is 10.9. The molecule has 0 saturated heterocycles. The van der Waals surface area contributed by atoms with Gasteiger partial charge in [-0.3, -0.25) is 4.79 Å². The van der Waals surface area contributed by atoms with Crippen LogP contribution in [0.4, 0.5) is 0 Å². The van der Waals surface area contributed by atoms with Gasteiger partial charge in [-0.05, 0) is 44.2 Å². The monoisotopic (exact) mass is 326 g/mol. The predicted octanol–water partition coefficient (Wildman–Crippen LogP) is 3.06. The van der Waals surface area contributed by atoms with Gasteiger partial charge in [0.05, 0.1) is 5.56 Å². The zero-order chi connectivity index (χ0) is 17.5. The Hall–Kier alpha value is -2.82. The topological polar surface area (TPSA) is 51.5 Å². The van der Waals surface area contributed by atoms with Gasteiger partial charge in [0.1, 0.15) is 0 Å². The van der Waals surface area contributed by atoms with Crippen molar-refractivity contribution < 1.29 is 14.3 Å². The molecule has 1 aromatic heterocycles. The van der Waals surface area contributed by atoms with E-state index in [1.807, 2.05) is 49.0 Å². The average Bonchev–Trinajstić information content (AvgIpc) is 3.11. The maximum atomic E-state index is 12.2. The Morgan fingerprint density at radius 3 is 2.54 bits per heavy atom. The van der Waals surface area contributed by atoms with Gasteiger partial charge in [0, 0.05) is 31.2 Å². The number of ether oxygens (including phenoxy) is 1. The van der Waals surface area contributed by atoms with E-state index in [-0.39, 0.29) is 12.5 Å². The lowest BCUT2D eigenvalue weighted by Gasteiger charge is -2.20. The fourth-order valence-electron chi connectivity index (χ4n) is 2.30. The summed E-state index contributed by atoms with van der Waals surface area (Å²) in [5, 5.41) is 0. The van der Waals surface area contributed by atoms with Crippen LogP contribution in [0.15, 0.2) is 60.9 Å². The Bertz CT molecular complexity index is 720. The maximum absolute atomic E-state index is 12.2. The van der Waals surface area contributed by atoms with Gasteiger partial charge in [-0.1, -0.05) is 18.2 Å². The van der Waals surface area contributed by atoms with E-state index in [0.717, 1.165) is 11.3 Å². The van der Waals surface area contributed by atoms with Crippen LogP contribution in [0.5, 0.6) is 0 Å². The van der Waals surface area contributed by atoms with E-state index in [0.29, 0.717) is 18.7 Å². The molecule has 0 spiro atoms. The van der Waals surface area contributed by atoms with Crippen LogP contribution in [0.1, 0.15) is 24.2 Å². The number of benzene rings is 1. The summed E-state index contributed by atoms with van der Waals surface area (Å²) >= 11 is 0. The van der Waals surface area contributed by atoms with Gasteiger partial charge in [0.2, 0.25) is 0 Å². The Kier molecular flexibility index (Phi) is 5.95. The molecule has 0 N–H and O–H groups in total. The first kappa shape index (κ1) is 17.5. The van der Waals surface area contributed by atoms with Crippen molar-refractivity contribution >= 4 is 11.9 Å². The number of nitrogens with zero attached hydrogens (tertiary/aromatic N) is 2. The molecule has 0 saturated carbocycles. The number of rotatable bonds is 7. The molecule has 2 rings (SSSR count). The van der Waals surface area contributed by atoms with Crippen molar-refractivity contribution in [2.75, 3.05) is 19.7 Å². The molecule has 5 nitrogen and oxygen atoms in total. The smallest absolute Gasteiger partial charge is 0.338 e. The summed E-state index contributed by atoms with van der Waals surface area (Å²) in [6.45, 7) is 8.28. The maximum Gasteiger partial charge on any atom is 0.338 e. The molecule has 126 valence electrons. The average molecular weight is 326 g/mol. The second-order valence-corrected chi connectivity index (χ2v) is 5.58. The molecule has 2 aromatic rings. The number of carbonyl (C=O) groups is 2. The van der Waals surface area contributed by atoms with Crippen molar-refractivity contribution in [1.29, 1.82) is 0 Å². The van der Waals surface area contributed by atoms with Crippen LogP contribution in [-0.4, -0.2) is 41.0 Å². The third-order valence-electron chi connectivity index (χ3n) is 3.51. The summed E-state index contributed by atoms with van der Waals surface area (Å²) in [7, 11) is 0. The van der Waals surface area contributed by atoms with Crippen molar-refractivity contribution in [3.05, 3.63) is 66.5 Å². The molecule has 0 aliphatic rings. The fourth-order valence-corrected chi connectivity index (χ4v) is 2.30. The van der Waals surface area contributed by atoms with Crippen LogP contribution in [-0.2, 0) is 9.53 Å². The van der Waals surface area contributed by atoms with E-state index in [9.17, 15) is 9.59 Å². The minimum absolute atomic E-state index is 0.226. The first-order chi connectivity index (χ1) is 11.5. The number of hydrogen-bond donors (Lipinski definition) is 0. The highest BCUT2D eigenvalue weighted by Gasteiger charge is 2.15. The van der Waals surface area contributed by atoms with Gasteiger partial charge in [-0.2, -0.15) is 0 Å². The molecule has 0 atom stereocenters. The zero-order valence-electron chi connectivity index (χ0n) is 14.1. The van der Waals surface area contributed by atoms with Gasteiger partial charge in [0.25, 0.3) is 5.91 Å². The second-order valence-electron chi connectivity index (χ2n) is 5.58. The van der Waals surface area contributed by atoms with E-state index in [4.69, 9.17) is 4.74 Å². The number of esters is 1. The molecule has 0 fully saturated rings. The van der Waals surface area contributed by atoms with Crippen LogP contribution in [0, 0.1) is 0 Å². The quantitative estimate of drug-likeness (QED) is 0.580. The molecule has 0 bridgehead atoms. The van der Waals surface area contributed by atoms with Gasteiger partial charge in [0.15, 0.2) is 6.61 Å². The number of carbonyl (C=O) groups excluding carboxylic acids is 2. The van der Waals surface area contributed by atoms with Gasteiger partial charge < -0.3 is 14.2 Å². The predicted molar refractivity (Wildman–Crippen MR) is 93.1 cm³/mol. The van der Waals surface area contributed by atoms with E-state index < -0.39 is 5.97 Å². The largest absolute Gasteiger partial charge is 0.452 e. The molecule has 1 aromatic carbocycles. The lowest BCUT2D eigenvalue weighted by atomic mass is 10.2. The van der Waals surface area contributed by atoms with Crippen molar-refractivity contribution in [2.45, 2.75) is 13.8 Å². The normalized spacial score (nSPS) is 10.2. The highest BCUT2D eigenvalue weighted by atomic mass is 16.5. The highest BCUT2D eigenvalue weighted by Crippen LogP contribution is 2.12. The molecule has 5 heteroatoms. The molecule has 0 aliphatic heterocycles. The number of aromatic nitrogens is 1. The van der Waals surface area contributed by atoms with Gasteiger partial charge in [-0.25, -0.2) is 4.79 Å². The van der Waals surface area contributed by atoms with E-state index >= 15 is 0 Å². The Labute approximate surface area is 142 Å². The lowest BCUT2D eigenvalue weighted by Crippen LogP contribution is -2.35. The SMILES string of the molecule is C=C(C)CN(CC)C(=O)COC(=O)c1cccc(-n2cccc2)c1. The standard InChI is InChI=1S/C19H22N2O3/c1-4-20(13-15(2)3)18(22)14-24-19(23)16-8-7-9-17(12-16)21-10-5-6-11-21/h5-12H,2,4,13-14H2,1,3H3. The molecular formula is C19H22N2O3. The molecule has 0 unspecified atom stereocenters. The molecule has 1 amide bonds. The summed E-state index contributed by atoms with van der Waals surface area (Å²) in [5.74, 6) is -0.737. The first-order valence-electron chi connectivity index (χ1n) is 7.84. The number of amides is 1. The Morgan fingerprint density at radius 1 is 1.21 bits per heavy atom. The second kappa shape index (κ2) is 8.15. The minimum Gasteiger partial charge on any atom is -0.452 e. The number of likely N-dealkylation sites (N-methyl/N-ethyl adjacent to an activating group) is 1. The van der Waals surface area contributed by atoms with E-state index in [1.165, 1.54) is 0 Å². The van der Waals surface area contributed by atoms with Crippen molar-refractivity contribution in [1.82, 2.24) is 9.47 Å². The number of hydrogen-bond acceptors (Lipinski definition) is 3. The summed E-state index contributed by atoms with van der Waals surface area (Å²) in [5.41, 5.74) is 2.16. The highest BCUT2D eigenvalue weighted by molar-refractivity contribution is 5.91. The van der Waals surface area contributed by atoms with Crippen molar-refractivity contribution in [3.8, 4) is 5.69 Å². The van der Waals surface area contributed by atoms with Gasteiger partial charge >= 0.3 is 5.97 Å². The van der Waals surface area contributed by atoms with E-state index in [2.05, 4.69) is 6.58 Å². The first-order valence-corrected chi connectivity index (χ1v) is 7.84. The van der Waals surface area contributed by atoms with Crippen LogP contribution < -0.4 is 0 Å². The molecule has 0 aliphatic carbocycles. The molecule has 24 heavy (non-hydrogen) atoms. The van der Waals surface area contributed by atoms with Crippen molar-refractivity contribution in [3.63, 3.8) is 0 Å². The van der Waals surface area contributed by atoms with Crippen LogP contribution in [0.2, 0.25) is 0 Å². The van der Waals surface area contributed by atoms with E-state index in [1.54, 1.807) is 23.1 Å². The molecular weight excluding hydrogens is 304 g/mol. The van der Waals surface area contributed by atoms with Crippen molar-refractivity contribution in [2.24, 2.45) is 0 Å². The summed E-state index contributed by atoms with van der Waals surface area (Å²) < 4.78 is 7.05. The Balaban J connectivity index is 1.99. The molecule has 0 radical (unpaired) electrons. The third kappa shape index (κ3) is 4.59. The summed E-state index contributed by atoms with van der Waals surface area (Å²) in [6.07, 6.45) is 3.79. The lowest BCUT2D eigenvalue weighted by molar-refractivity contribution is -0.133. The summed E-state index contributed by atoms with van der Waals surface area (Å²) in [4.78, 5) is 25.9. The van der Waals surface area contributed by atoms with Gasteiger partial charge in [-0.15, -0.1) is 0 Å². The zero-order valence-corrected chi connectivity index (χ0v) is 14.1. The Morgan fingerprint density at radius 2 is 1.92 bits per heavy atom. The van der Waals surface area contributed by atoms with Crippen LogP contribution in [0.3, 0.4) is 0 Å². The minimum atomic E-state index is -0.510. The van der Waals surface area contributed by atoms with Crippen LogP contribution >= 0.6 is 0 Å². The van der Waals surface area contributed by atoms with Crippen LogP contribution in [0.25, 0.3) is 5.69 Å². The fraction of sp³-hybridized carbons (Fsp3) is 0.263. The molecule has 1 heterocycles. The third-order valence-corrected chi connectivity index (χ3v) is 3.51.